The second-order valence-electron chi connectivity index (χ2n) is 6.50. The first-order valence-corrected chi connectivity index (χ1v) is 8.90. The number of rotatable bonds is 4. The van der Waals surface area contributed by atoms with E-state index in [2.05, 4.69) is 4.90 Å². The summed E-state index contributed by atoms with van der Waals surface area (Å²) in [6, 6.07) is 9.78. The van der Waals surface area contributed by atoms with Crippen molar-refractivity contribution < 1.29 is 9.53 Å². The van der Waals surface area contributed by atoms with Crippen LogP contribution in [0.15, 0.2) is 30.3 Å². The van der Waals surface area contributed by atoms with E-state index in [9.17, 15) is 4.79 Å². The van der Waals surface area contributed by atoms with Crippen molar-refractivity contribution >= 4 is 12.4 Å². The highest BCUT2D eigenvalue weighted by Crippen LogP contribution is 2.32. The first kappa shape index (κ1) is 15.9. The summed E-state index contributed by atoms with van der Waals surface area (Å²) in [6.45, 7) is 2.92. The van der Waals surface area contributed by atoms with Crippen LogP contribution in [0.1, 0.15) is 24.1 Å². The van der Waals surface area contributed by atoms with Crippen molar-refractivity contribution in [2.24, 2.45) is 0 Å². The van der Waals surface area contributed by atoms with E-state index in [1.807, 2.05) is 30.3 Å². The number of carbonyl (C=O) groups is 1. The zero-order valence-corrected chi connectivity index (χ0v) is 14.2. The molecule has 130 valence electrons. The number of fused-ring (bicyclic) bond motifs is 1. The van der Waals surface area contributed by atoms with Gasteiger partial charge in [0.25, 0.3) is 0 Å². The smallest absolute Gasteiger partial charge is 0.229 e. The van der Waals surface area contributed by atoms with Gasteiger partial charge in [-0.2, -0.15) is 4.98 Å². The summed E-state index contributed by atoms with van der Waals surface area (Å²) >= 11 is 0. The first-order valence-electron chi connectivity index (χ1n) is 8.90. The topological polar surface area (TPSA) is 58.6 Å². The van der Waals surface area contributed by atoms with E-state index in [0.717, 1.165) is 68.1 Å². The molecule has 0 unspecified atom stereocenters. The van der Waals surface area contributed by atoms with Crippen LogP contribution >= 0.6 is 0 Å². The predicted octanol–water partition coefficient (Wildman–Crippen LogP) is 2.43. The number of piperazine rings is 1. The van der Waals surface area contributed by atoms with Crippen molar-refractivity contribution in [3.05, 3.63) is 41.6 Å². The highest BCUT2D eigenvalue weighted by atomic mass is 16.5. The first-order chi connectivity index (χ1) is 12.3. The van der Waals surface area contributed by atoms with E-state index in [1.165, 1.54) is 0 Å². The van der Waals surface area contributed by atoms with E-state index < -0.39 is 0 Å². The monoisotopic (exact) mass is 338 g/mol. The summed E-state index contributed by atoms with van der Waals surface area (Å²) in [5, 5.41) is 0. The Morgan fingerprint density at radius 3 is 2.48 bits per heavy atom. The number of para-hydroxylation sites is 1. The molecule has 6 nitrogen and oxygen atoms in total. The van der Waals surface area contributed by atoms with Crippen LogP contribution in [0.5, 0.6) is 11.6 Å². The second-order valence-corrected chi connectivity index (χ2v) is 6.50. The number of benzene rings is 1. The molecule has 1 aliphatic heterocycles. The molecule has 0 N–H and O–H groups in total. The van der Waals surface area contributed by atoms with Gasteiger partial charge in [0.05, 0.1) is 5.69 Å². The number of amides is 1. The lowest BCUT2D eigenvalue weighted by atomic mass is 9.97. The maximum absolute atomic E-state index is 10.9. The van der Waals surface area contributed by atoms with Crippen LogP contribution in [-0.4, -0.2) is 47.5 Å². The molecule has 4 rings (SSSR count). The third kappa shape index (κ3) is 3.43. The molecule has 2 aromatic rings. The van der Waals surface area contributed by atoms with E-state index in [4.69, 9.17) is 14.7 Å². The lowest BCUT2D eigenvalue weighted by Gasteiger charge is -2.33. The number of hydrogen-bond acceptors (Lipinski definition) is 5. The van der Waals surface area contributed by atoms with E-state index in [-0.39, 0.29) is 0 Å². The lowest BCUT2D eigenvalue weighted by molar-refractivity contribution is -0.118. The van der Waals surface area contributed by atoms with Crippen molar-refractivity contribution in [2.75, 3.05) is 31.1 Å². The Bertz CT molecular complexity index is 743. The second kappa shape index (κ2) is 7.09. The van der Waals surface area contributed by atoms with Gasteiger partial charge in [0.1, 0.15) is 5.75 Å². The van der Waals surface area contributed by atoms with Gasteiger partial charge >= 0.3 is 0 Å². The SMILES string of the molecule is O=CN1CCN(c2nc3c(c(Oc4ccccc4)n2)CCCC3)CC1. The molecule has 1 saturated heterocycles. The van der Waals surface area contributed by atoms with E-state index >= 15 is 0 Å². The minimum atomic E-state index is 0.684. The van der Waals surface area contributed by atoms with Crippen LogP contribution in [0.3, 0.4) is 0 Å². The van der Waals surface area contributed by atoms with Crippen LogP contribution < -0.4 is 9.64 Å². The highest BCUT2D eigenvalue weighted by Gasteiger charge is 2.24. The number of nitrogens with zero attached hydrogens (tertiary/aromatic N) is 4. The lowest BCUT2D eigenvalue weighted by Crippen LogP contribution is -2.46. The summed E-state index contributed by atoms with van der Waals surface area (Å²) in [5.41, 5.74) is 2.25. The maximum Gasteiger partial charge on any atom is 0.229 e. The molecule has 1 aromatic carbocycles. The molecule has 2 aliphatic rings. The molecule has 6 heteroatoms. The Labute approximate surface area is 147 Å². The normalized spacial score (nSPS) is 17.1. The largest absolute Gasteiger partial charge is 0.439 e. The third-order valence-corrected chi connectivity index (χ3v) is 4.84. The number of hydrogen-bond donors (Lipinski definition) is 0. The van der Waals surface area contributed by atoms with Crippen molar-refractivity contribution in [3.63, 3.8) is 0 Å². The number of anilines is 1. The molecule has 25 heavy (non-hydrogen) atoms. The summed E-state index contributed by atoms with van der Waals surface area (Å²) in [5.74, 6) is 2.20. The average Bonchev–Trinajstić information content (AvgIpc) is 2.69. The van der Waals surface area contributed by atoms with Crippen LogP contribution in [0.4, 0.5) is 5.95 Å². The Balaban J connectivity index is 1.64. The molecule has 1 fully saturated rings. The van der Waals surface area contributed by atoms with Gasteiger partial charge in [0.2, 0.25) is 18.2 Å². The van der Waals surface area contributed by atoms with Gasteiger partial charge < -0.3 is 14.5 Å². The van der Waals surface area contributed by atoms with Crippen molar-refractivity contribution in [1.29, 1.82) is 0 Å². The maximum atomic E-state index is 10.9. The summed E-state index contributed by atoms with van der Waals surface area (Å²) < 4.78 is 6.11. The molecule has 1 amide bonds. The van der Waals surface area contributed by atoms with Gasteiger partial charge in [-0.1, -0.05) is 18.2 Å². The van der Waals surface area contributed by atoms with Gasteiger partial charge in [-0.25, -0.2) is 4.98 Å². The van der Waals surface area contributed by atoms with Crippen molar-refractivity contribution in [2.45, 2.75) is 25.7 Å². The molecule has 1 aliphatic carbocycles. The molecule has 0 radical (unpaired) electrons. The number of carbonyl (C=O) groups excluding carboxylic acids is 1. The average molecular weight is 338 g/mol. The number of aryl methyl sites for hydroxylation is 1. The predicted molar refractivity (Wildman–Crippen MR) is 95.0 cm³/mol. The fourth-order valence-corrected chi connectivity index (χ4v) is 3.40. The minimum absolute atomic E-state index is 0.684. The fourth-order valence-electron chi connectivity index (χ4n) is 3.40. The summed E-state index contributed by atoms with van der Waals surface area (Å²) in [4.78, 5) is 24.4. The summed E-state index contributed by atoms with van der Waals surface area (Å²) in [6.07, 6.45) is 5.17. The Hall–Kier alpha value is -2.63. The third-order valence-electron chi connectivity index (χ3n) is 4.84. The fraction of sp³-hybridized carbons (Fsp3) is 0.421. The van der Waals surface area contributed by atoms with Crippen LogP contribution in [0, 0.1) is 0 Å². The molecular weight excluding hydrogens is 316 g/mol. The van der Waals surface area contributed by atoms with Gasteiger partial charge in [0.15, 0.2) is 0 Å². The summed E-state index contributed by atoms with van der Waals surface area (Å²) in [7, 11) is 0. The zero-order valence-electron chi connectivity index (χ0n) is 14.2. The molecule has 0 saturated carbocycles. The van der Waals surface area contributed by atoms with Crippen LogP contribution in [0.2, 0.25) is 0 Å². The zero-order chi connectivity index (χ0) is 17.1. The van der Waals surface area contributed by atoms with Crippen LogP contribution in [-0.2, 0) is 17.6 Å². The highest BCUT2D eigenvalue weighted by molar-refractivity contribution is 5.49. The quantitative estimate of drug-likeness (QED) is 0.802. The molecule has 2 heterocycles. The van der Waals surface area contributed by atoms with Crippen molar-refractivity contribution in [1.82, 2.24) is 14.9 Å². The van der Waals surface area contributed by atoms with Gasteiger partial charge in [0, 0.05) is 31.7 Å². The molecule has 0 bridgehead atoms. The van der Waals surface area contributed by atoms with Gasteiger partial charge in [-0.3, -0.25) is 4.79 Å². The molecule has 1 aromatic heterocycles. The standard InChI is InChI=1S/C19H22N4O2/c24-14-22-10-12-23(13-11-22)19-20-17-9-5-4-8-16(17)18(21-19)25-15-6-2-1-3-7-15/h1-3,6-7,14H,4-5,8-13H2. The van der Waals surface area contributed by atoms with E-state index in [1.54, 1.807) is 4.90 Å². The van der Waals surface area contributed by atoms with E-state index in [0.29, 0.717) is 19.0 Å². The number of aromatic nitrogens is 2. The van der Waals surface area contributed by atoms with Crippen molar-refractivity contribution in [3.8, 4) is 11.6 Å². The molecular formula is C19H22N4O2. The Kier molecular flexibility index (Phi) is 4.50. The minimum Gasteiger partial charge on any atom is -0.439 e. The van der Waals surface area contributed by atoms with Gasteiger partial charge in [-0.15, -0.1) is 0 Å². The molecule has 0 spiro atoms. The Morgan fingerprint density at radius 1 is 0.960 bits per heavy atom. The number of ether oxygens (including phenoxy) is 1. The molecule has 0 atom stereocenters. The van der Waals surface area contributed by atoms with Crippen LogP contribution in [0.25, 0.3) is 0 Å². The Morgan fingerprint density at radius 2 is 1.72 bits per heavy atom. The van der Waals surface area contributed by atoms with Gasteiger partial charge in [-0.05, 0) is 37.8 Å².